The van der Waals surface area contributed by atoms with Crippen LogP contribution in [-0.4, -0.2) is 23.4 Å². The summed E-state index contributed by atoms with van der Waals surface area (Å²) in [5, 5.41) is 9.87. The molecule has 2 atom stereocenters. The SMILES string of the molecule is Cc1ccc(OC(C)CC(C)(O)CN)cc1C. The normalized spacial score (nSPS) is 16.4. The predicted octanol–water partition coefficient (Wildman–Crippen LogP) is 2.17. The summed E-state index contributed by atoms with van der Waals surface area (Å²) in [4.78, 5) is 0. The topological polar surface area (TPSA) is 55.5 Å². The molecule has 0 radical (unpaired) electrons. The van der Waals surface area contributed by atoms with Gasteiger partial charge in [-0.1, -0.05) is 6.07 Å². The van der Waals surface area contributed by atoms with E-state index in [0.717, 1.165) is 5.75 Å². The van der Waals surface area contributed by atoms with Gasteiger partial charge in [-0.2, -0.15) is 0 Å². The summed E-state index contributed by atoms with van der Waals surface area (Å²) in [5.74, 6) is 0.841. The molecule has 0 saturated carbocycles. The number of hydrogen-bond donors (Lipinski definition) is 2. The van der Waals surface area contributed by atoms with Crippen molar-refractivity contribution >= 4 is 0 Å². The predicted molar refractivity (Wildman–Crippen MR) is 70.3 cm³/mol. The second-order valence-corrected chi connectivity index (χ2v) is 5.08. The van der Waals surface area contributed by atoms with Crippen LogP contribution in [0, 0.1) is 13.8 Å². The molecule has 3 heteroatoms. The van der Waals surface area contributed by atoms with Crippen LogP contribution in [-0.2, 0) is 0 Å². The average molecular weight is 237 g/mol. The van der Waals surface area contributed by atoms with Gasteiger partial charge >= 0.3 is 0 Å². The maximum Gasteiger partial charge on any atom is 0.119 e. The molecule has 2 unspecified atom stereocenters. The van der Waals surface area contributed by atoms with Crippen molar-refractivity contribution in [3.63, 3.8) is 0 Å². The van der Waals surface area contributed by atoms with Crippen molar-refractivity contribution in [2.75, 3.05) is 6.54 Å². The molecule has 0 aliphatic heterocycles. The Hall–Kier alpha value is -1.06. The van der Waals surface area contributed by atoms with Crippen molar-refractivity contribution in [2.45, 2.75) is 45.8 Å². The molecular formula is C14H23NO2. The van der Waals surface area contributed by atoms with Gasteiger partial charge in [-0.25, -0.2) is 0 Å². The first-order valence-corrected chi connectivity index (χ1v) is 6.00. The Balaban J connectivity index is 2.62. The molecule has 96 valence electrons. The molecule has 17 heavy (non-hydrogen) atoms. The van der Waals surface area contributed by atoms with Gasteiger partial charge in [-0.3, -0.25) is 0 Å². The summed E-state index contributed by atoms with van der Waals surface area (Å²) in [6, 6.07) is 6.01. The maximum absolute atomic E-state index is 9.87. The molecule has 0 heterocycles. The van der Waals surface area contributed by atoms with Gasteiger partial charge in [0.25, 0.3) is 0 Å². The van der Waals surface area contributed by atoms with Crippen LogP contribution in [0.3, 0.4) is 0 Å². The minimum atomic E-state index is -0.862. The van der Waals surface area contributed by atoms with Crippen LogP contribution in [0.15, 0.2) is 18.2 Å². The highest BCUT2D eigenvalue weighted by Crippen LogP contribution is 2.20. The molecule has 3 nitrogen and oxygen atoms in total. The Morgan fingerprint density at radius 3 is 2.53 bits per heavy atom. The Bertz CT molecular complexity index is 374. The van der Waals surface area contributed by atoms with E-state index in [9.17, 15) is 5.11 Å². The number of aryl methyl sites for hydroxylation is 2. The lowest BCUT2D eigenvalue weighted by molar-refractivity contribution is 0.0237. The molecule has 0 aromatic heterocycles. The summed E-state index contributed by atoms with van der Waals surface area (Å²) in [6.07, 6.45) is 0.465. The zero-order chi connectivity index (χ0) is 13.1. The summed E-state index contributed by atoms with van der Waals surface area (Å²) in [6.45, 7) is 8.05. The third kappa shape index (κ3) is 4.36. The minimum Gasteiger partial charge on any atom is -0.491 e. The van der Waals surface area contributed by atoms with Crippen molar-refractivity contribution in [3.05, 3.63) is 29.3 Å². The molecule has 0 aliphatic rings. The fraction of sp³-hybridized carbons (Fsp3) is 0.571. The lowest BCUT2D eigenvalue weighted by atomic mass is 9.99. The van der Waals surface area contributed by atoms with Crippen molar-refractivity contribution < 1.29 is 9.84 Å². The summed E-state index contributed by atoms with van der Waals surface area (Å²) in [7, 11) is 0. The Morgan fingerprint density at radius 1 is 1.35 bits per heavy atom. The number of nitrogens with two attached hydrogens (primary N) is 1. The zero-order valence-corrected chi connectivity index (χ0v) is 11.2. The molecule has 0 aliphatic carbocycles. The fourth-order valence-corrected chi connectivity index (χ4v) is 1.76. The van der Waals surface area contributed by atoms with Gasteiger partial charge in [-0.15, -0.1) is 0 Å². The van der Waals surface area contributed by atoms with Gasteiger partial charge in [-0.05, 0) is 51.0 Å². The van der Waals surface area contributed by atoms with Crippen LogP contribution in [0.2, 0.25) is 0 Å². The molecule has 1 aromatic carbocycles. The van der Waals surface area contributed by atoms with Gasteiger partial charge < -0.3 is 15.6 Å². The van der Waals surface area contributed by atoms with E-state index in [4.69, 9.17) is 10.5 Å². The summed E-state index contributed by atoms with van der Waals surface area (Å²) in [5.41, 5.74) is 7.08. The molecule has 1 aromatic rings. The van der Waals surface area contributed by atoms with Gasteiger partial charge in [0, 0.05) is 13.0 Å². The highest BCUT2D eigenvalue weighted by molar-refractivity contribution is 5.33. The van der Waals surface area contributed by atoms with Crippen LogP contribution in [0.4, 0.5) is 0 Å². The zero-order valence-electron chi connectivity index (χ0n) is 11.2. The second kappa shape index (κ2) is 5.52. The largest absolute Gasteiger partial charge is 0.491 e. The Labute approximate surface area is 104 Å². The quantitative estimate of drug-likeness (QED) is 0.825. The number of ether oxygens (including phenoxy) is 1. The van der Waals surface area contributed by atoms with Crippen LogP contribution in [0.5, 0.6) is 5.75 Å². The van der Waals surface area contributed by atoms with Crippen molar-refractivity contribution in [1.29, 1.82) is 0 Å². The van der Waals surface area contributed by atoms with E-state index in [1.165, 1.54) is 11.1 Å². The maximum atomic E-state index is 9.87. The average Bonchev–Trinajstić information content (AvgIpc) is 2.23. The third-order valence-corrected chi connectivity index (χ3v) is 2.98. The second-order valence-electron chi connectivity index (χ2n) is 5.08. The number of hydrogen-bond acceptors (Lipinski definition) is 3. The standard InChI is InChI=1S/C14H23NO2/c1-10-5-6-13(7-11(10)2)17-12(3)8-14(4,16)9-15/h5-7,12,16H,8-9,15H2,1-4H3. The van der Waals surface area contributed by atoms with Gasteiger partial charge in [0.05, 0.1) is 11.7 Å². The van der Waals surface area contributed by atoms with Crippen molar-refractivity contribution in [3.8, 4) is 5.75 Å². The summed E-state index contributed by atoms with van der Waals surface area (Å²) < 4.78 is 5.77. The lowest BCUT2D eigenvalue weighted by Gasteiger charge is -2.25. The minimum absolute atomic E-state index is 0.0596. The summed E-state index contributed by atoms with van der Waals surface area (Å²) >= 11 is 0. The molecule has 0 saturated heterocycles. The smallest absolute Gasteiger partial charge is 0.119 e. The first kappa shape index (κ1) is 14.0. The van der Waals surface area contributed by atoms with Crippen LogP contribution in [0.25, 0.3) is 0 Å². The van der Waals surface area contributed by atoms with Crippen molar-refractivity contribution in [2.24, 2.45) is 5.73 Å². The Morgan fingerprint density at radius 2 is 2.00 bits per heavy atom. The fourth-order valence-electron chi connectivity index (χ4n) is 1.76. The molecule has 0 amide bonds. The first-order valence-electron chi connectivity index (χ1n) is 6.00. The van der Waals surface area contributed by atoms with E-state index in [1.54, 1.807) is 6.92 Å². The van der Waals surface area contributed by atoms with E-state index in [0.29, 0.717) is 6.42 Å². The van der Waals surface area contributed by atoms with E-state index in [1.807, 2.05) is 25.1 Å². The third-order valence-electron chi connectivity index (χ3n) is 2.98. The van der Waals surface area contributed by atoms with Crippen LogP contribution >= 0.6 is 0 Å². The molecular weight excluding hydrogens is 214 g/mol. The van der Waals surface area contributed by atoms with Gasteiger partial charge in [0.15, 0.2) is 0 Å². The molecule has 1 rings (SSSR count). The van der Waals surface area contributed by atoms with Crippen LogP contribution in [0.1, 0.15) is 31.4 Å². The molecule has 0 fully saturated rings. The van der Waals surface area contributed by atoms with E-state index >= 15 is 0 Å². The molecule has 0 spiro atoms. The first-order chi connectivity index (χ1) is 7.84. The Kier molecular flexibility index (Phi) is 4.54. The van der Waals surface area contributed by atoms with E-state index < -0.39 is 5.60 Å². The van der Waals surface area contributed by atoms with Crippen LogP contribution < -0.4 is 10.5 Å². The van der Waals surface area contributed by atoms with Gasteiger partial charge in [0.2, 0.25) is 0 Å². The van der Waals surface area contributed by atoms with E-state index in [-0.39, 0.29) is 12.6 Å². The van der Waals surface area contributed by atoms with E-state index in [2.05, 4.69) is 13.8 Å². The highest BCUT2D eigenvalue weighted by atomic mass is 16.5. The molecule has 3 N–H and O–H groups in total. The monoisotopic (exact) mass is 237 g/mol. The molecule has 0 bridgehead atoms. The number of rotatable bonds is 5. The highest BCUT2D eigenvalue weighted by Gasteiger charge is 2.22. The van der Waals surface area contributed by atoms with Gasteiger partial charge in [0.1, 0.15) is 5.75 Å². The lowest BCUT2D eigenvalue weighted by Crippen LogP contribution is -2.38. The number of benzene rings is 1. The number of aliphatic hydroxyl groups is 1. The van der Waals surface area contributed by atoms with Crippen molar-refractivity contribution in [1.82, 2.24) is 0 Å².